The lowest BCUT2D eigenvalue weighted by Crippen LogP contribution is -2.19. The molecule has 2 heterocycles. The highest BCUT2D eigenvalue weighted by molar-refractivity contribution is 7.09. The third-order valence-electron chi connectivity index (χ3n) is 3.44. The summed E-state index contributed by atoms with van der Waals surface area (Å²) in [6.07, 6.45) is 2.82. The predicted octanol–water partition coefficient (Wildman–Crippen LogP) is 3.05. The van der Waals surface area contributed by atoms with Crippen molar-refractivity contribution in [1.29, 1.82) is 0 Å². The van der Waals surface area contributed by atoms with Crippen molar-refractivity contribution in [2.45, 2.75) is 12.5 Å². The molecule has 0 saturated heterocycles. The van der Waals surface area contributed by atoms with Crippen molar-refractivity contribution < 1.29 is 0 Å². The molecule has 0 aliphatic carbocycles. The quantitative estimate of drug-likeness (QED) is 0.787. The lowest BCUT2D eigenvalue weighted by atomic mass is 10.1. The second-order valence-corrected chi connectivity index (χ2v) is 5.89. The molecular weight excluding hydrogens is 280 g/mol. The summed E-state index contributed by atoms with van der Waals surface area (Å²) in [6.45, 7) is 0. The van der Waals surface area contributed by atoms with Crippen LogP contribution in [0.5, 0.6) is 0 Å². The molecule has 21 heavy (non-hydrogen) atoms. The number of benzene rings is 1. The smallest absolute Gasteiger partial charge is 0.0952 e. The molecule has 0 amide bonds. The van der Waals surface area contributed by atoms with Gasteiger partial charge in [0.05, 0.1) is 22.4 Å². The van der Waals surface area contributed by atoms with Gasteiger partial charge in [0.1, 0.15) is 0 Å². The number of rotatable bonds is 5. The van der Waals surface area contributed by atoms with Crippen molar-refractivity contribution in [3.05, 3.63) is 58.7 Å². The molecule has 3 aromatic rings. The zero-order valence-corrected chi connectivity index (χ0v) is 13.0. The van der Waals surface area contributed by atoms with Crippen LogP contribution in [0, 0.1) is 0 Å². The second kappa shape index (κ2) is 6.20. The molecule has 2 aromatic heterocycles. The summed E-state index contributed by atoms with van der Waals surface area (Å²) in [4.78, 5) is 4.74. The Hall–Kier alpha value is -1.98. The molecule has 108 valence electrons. The van der Waals surface area contributed by atoms with Gasteiger partial charge in [-0.05, 0) is 13.1 Å². The first-order valence-corrected chi connectivity index (χ1v) is 7.81. The fraction of sp³-hybridized carbons (Fsp3) is 0.250. The first-order chi connectivity index (χ1) is 10.3. The summed E-state index contributed by atoms with van der Waals surface area (Å²) in [7, 11) is 3.90. The number of nitrogens with zero attached hydrogens (tertiary/aromatic N) is 3. The lowest BCUT2D eigenvalue weighted by molar-refractivity contribution is 0.562. The number of thiazole rings is 1. The van der Waals surface area contributed by atoms with E-state index in [-0.39, 0.29) is 6.04 Å². The third-order valence-corrected chi connectivity index (χ3v) is 4.31. The first-order valence-electron chi connectivity index (χ1n) is 6.93. The second-order valence-electron chi connectivity index (χ2n) is 4.95. The van der Waals surface area contributed by atoms with Crippen molar-refractivity contribution in [3.8, 4) is 11.3 Å². The number of hydrogen-bond acceptors (Lipinski definition) is 4. The number of likely N-dealkylation sites (N-methyl/N-ethyl adjacent to an activating group) is 1. The Labute approximate surface area is 128 Å². The summed E-state index contributed by atoms with van der Waals surface area (Å²) >= 11 is 1.70. The van der Waals surface area contributed by atoms with Gasteiger partial charge in [0.15, 0.2) is 0 Å². The summed E-state index contributed by atoms with van der Waals surface area (Å²) < 4.78 is 1.83. The van der Waals surface area contributed by atoms with E-state index in [0.717, 1.165) is 22.8 Å². The molecule has 0 bridgehead atoms. The first kappa shape index (κ1) is 14.0. The Morgan fingerprint density at radius 1 is 1.24 bits per heavy atom. The number of nitrogens with one attached hydrogen (secondary N) is 1. The van der Waals surface area contributed by atoms with E-state index >= 15 is 0 Å². The Morgan fingerprint density at radius 3 is 2.71 bits per heavy atom. The Bertz CT molecular complexity index is 702. The van der Waals surface area contributed by atoms with Gasteiger partial charge in [0, 0.05) is 30.6 Å². The van der Waals surface area contributed by atoms with E-state index in [2.05, 4.69) is 27.9 Å². The molecule has 1 unspecified atom stereocenters. The maximum atomic E-state index is 4.74. The molecule has 0 aliphatic heterocycles. The standard InChI is InChI=1S/C16H18N4S/c1-17-14(13-8-9-20(2)19-13)10-16-18-15(11-21-16)12-6-4-3-5-7-12/h3-9,11,14,17H,10H2,1-2H3. The maximum Gasteiger partial charge on any atom is 0.0952 e. The molecule has 1 aromatic carbocycles. The van der Waals surface area contributed by atoms with Crippen molar-refractivity contribution in [2.24, 2.45) is 7.05 Å². The van der Waals surface area contributed by atoms with E-state index in [1.165, 1.54) is 5.56 Å². The van der Waals surface area contributed by atoms with Crippen LogP contribution in [0.25, 0.3) is 11.3 Å². The van der Waals surface area contributed by atoms with Crippen molar-refractivity contribution in [3.63, 3.8) is 0 Å². The average molecular weight is 298 g/mol. The zero-order valence-electron chi connectivity index (χ0n) is 12.2. The van der Waals surface area contributed by atoms with E-state index in [0.29, 0.717) is 0 Å². The van der Waals surface area contributed by atoms with Crippen molar-refractivity contribution in [1.82, 2.24) is 20.1 Å². The average Bonchev–Trinajstić information content (AvgIpc) is 3.15. The molecule has 0 spiro atoms. The number of hydrogen-bond donors (Lipinski definition) is 1. The largest absolute Gasteiger partial charge is 0.311 e. The molecule has 0 fully saturated rings. The molecular formula is C16H18N4S. The summed E-state index contributed by atoms with van der Waals surface area (Å²) in [5.74, 6) is 0. The minimum atomic E-state index is 0.195. The molecule has 5 heteroatoms. The van der Waals surface area contributed by atoms with Crippen LogP contribution in [0.4, 0.5) is 0 Å². The van der Waals surface area contributed by atoms with Crippen molar-refractivity contribution >= 4 is 11.3 Å². The molecule has 0 radical (unpaired) electrons. The highest BCUT2D eigenvalue weighted by Gasteiger charge is 2.15. The van der Waals surface area contributed by atoms with Crippen LogP contribution in [-0.2, 0) is 13.5 Å². The van der Waals surface area contributed by atoms with E-state index < -0.39 is 0 Å². The van der Waals surface area contributed by atoms with Gasteiger partial charge in [-0.3, -0.25) is 4.68 Å². The monoisotopic (exact) mass is 298 g/mol. The molecule has 4 nitrogen and oxygen atoms in total. The normalized spacial score (nSPS) is 12.5. The molecule has 1 atom stereocenters. The summed E-state index contributed by atoms with van der Waals surface area (Å²) in [5.41, 5.74) is 3.27. The number of aromatic nitrogens is 3. The molecule has 0 saturated carbocycles. The van der Waals surface area contributed by atoms with E-state index in [1.807, 2.05) is 49.2 Å². The van der Waals surface area contributed by atoms with Crippen LogP contribution in [0.1, 0.15) is 16.7 Å². The fourth-order valence-corrected chi connectivity index (χ4v) is 3.14. The van der Waals surface area contributed by atoms with Gasteiger partial charge in [-0.15, -0.1) is 11.3 Å². The summed E-state index contributed by atoms with van der Waals surface area (Å²) in [6, 6.07) is 12.5. The minimum absolute atomic E-state index is 0.195. The topological polar surface area (TPSA) is 42.7 Å². The van der Waals surface area contributed by atoms with Crippen LogP contribution in [0.15, 0.2) is 48.0 Å². The Kier molecular flexibility index (Phi) is 4.13. The van der Waals surface area contributed by atoms with Gasteiger partial charge >= 0.3 is 0 Å². The van der Waals surface area contributed by atoms with Crippen LogP contribution in [0.3, 0.4) is 0 Å². The molecule has 0 aliphatic rings. The zero-order chi connectivity index (χ0) is 14.7. The van der Waals surface area contributed by atoms with Crippen LogP contribution < -0.4 is 5.32 Å². The molecule has 1 N–H and O–H groups in total. The van der Waals surface area contributed by atoms with E-state index in [9.17, 15) is 0 Å². The Balaban J connectivity index is 1.77. The van der Waals surface area contributed by atoms with Gasteiger partial charge in [0.25, 0.3) is 0 Å². The van der Waals surface area contributed by atoms with E-state index in [1.54, 1.807) is 11.3 Å². The highest BCUT2D eigenvalue weighted by atomic mass is 32.1. The van der Waals surface area contributed by atoms with Gasteiger partial charge in [-0.2, -0.15) is 5.10 Å². The van der Waals surface area contributed by atoms with Gasteiger partial charge in [-0.1, -0.05) is 30.3 Å². The van der Waals surface area contributed by atoms with Gasteiger partial charge < -0.3 is 5.32 Å². The fourth-order valence-electron chi connectivity index (χ4n) is 2.29. The SMILES string of the molecule is CNC(Cc1nc(-c2ccccc2)cs1)c1ccn(C)n1. The number of aryl methyl sites for hydroxylation is 1. The highest BCUT2D eigenvalue weighted by Crippen LogP contribution is 2.24. The maximum absolute atomic E-state index is 4.74. The predicted molar refractivity (Wildman–Crippen MR) is 86.3 cm³/mol. The van der Waals surface area contributed by atoms with Crippen LogP contribution >= 0.6 is 11.3 Å². The lowest BCUT2D eigenvalue weighted by Gasteiger charge is -2.11. The van der Waals surface area contributed by atoms with Crippen LogP contribution in [0.2, 0.25) is 0 Å². The van der Waals surface area contributed by atoms with Crippen LogP contribution in [-0.4, -0.2) is 21.8 Å². The van der Waals surface area contributed by atoms with E-state index in [4.69, 9.17) is 4.98 Å². The van der Waals surface area contributed by atoms with Crippen molar-refractivity contribution in [2.75, 3.05) is 7.05 Å². The third kappa shape index (κ3) is 3.20. The van der Waals surface area contributed by atoms with Gasteiger partial charge in [0.2, 0.25) is 0 Å². The molecule has 3 rings (SSSR count). The van der Waals surface area contributed by atoms with Gasteiger partial charge in [-0.25, -0.2) is 4.98 Å². The minimum Gasteiger partial charge on any atom is -0.311 e. The Morgan fingerprint density at radius 2 is 2.05 bits per heavy atom. The summed E-state index contributed by atoms with van der Waals surface area (Å²) in [5, 5.41) is 11.0.